The fourth-order valence-corrected chi connectivity index (χ4v) is 1.51. The lowest BCUT2D eigenvalue weighted by molar-refractivity contribution is 0.215. The molecule has 2 aromatic carbocycles. The van der Waals surface area contributed by atoms with Crippen LogP contribution in [-0.2, 0) is 0 Å². The molecule has 0 spiro atoms. The number of carbonyl (C=O) groups is 1. The predicted molar refractivity (Wildman–Crippen MR) is 78.0 cm³/mol. The van der Waals surface area contributed by atoms with Gasteiger partial charge in [-0.1, -0.05) is 18.2 Å². The molecule has 0 radical (unpaired) electrons. The van der Waals surface area contributed by atoms with Crippen LogP contribution in [0.1, 0.15) is 0 Å². The van der Waals surface area contributed by atoms with E-state index in [1.54, 1.807) is 36.4 Å². The maximum absolute atomic E-state index is 11.6. The number of hydrogen-bond donors (Lipinski definition) is 3. The van der Waals surface area contributed by atoms with Gasteiger partial charge in [-0.15, -0.1) is 0 Å². The van der Waals surface area contributed by atoms with Crippen molar-refractivity contribution in [2.24, 2.45) is 16.5 Å². The van der Waals surface area contributed by atoms with E-state index in [-0.39, 0.29) is 5.96 Å². The van der Waals surface area contributed by atoms with Gasteiger partial charge < -0.3 is 16.2 Å². The van der Waals surface area contributed by atoms with Crippen LogP contribution in [0.15, 0.2) is 59.6 Å². The largest absolute Gasteiger partial charge is 0.417 e. The van der Waals surface area contributed by atoms with Crippen molar-refractivity contribution in [2.75, 3.05) is 5.32 Å². The average Bonchev–Trinajstić information content (AvgIpc) is 2.41. The number of guanidine groups is 1. The lowest BCUT2D eigenvalue weighted by atomic mass is 10.3. The van der Waals surface area contributed by atoms with Crippen LogP contribution in [0.3, 0.4) is 0 Å². The van der Waals surface area contributed by atoms with Gasteiger partial charge in [0.2, 0.25) is 0 Å². The molecule has 2 aromatic rings. The number of rotatable bonds is 3. The minimum Gasteiger partial charge on any atom is -0.410 e. The summed E-state index contributed by atoms with van der Waals surface area (Å²) in [7, 11) is 0. The zero-order valence-electron chi connectivity index (χ0n) is 10.6. The average molecular weight is 270 g/mol. The molecule has 0 bridgehead atoms. The Morgan fingerprint density at radius 2 is 1.65 bits per heavy atom. The number of hydrogen-bond acceptors (Lipinski definition) is 3. The van der Waals surface area contributed by atoms with Crippen molar-refractivity contribution < 1.29 is 9.53 Å². The zero-order chi connectivity index (χ0) is 14.4. The maximum Gasteiger partial charge on any atom is 0.417 e. The molecule has 6 heteroatoms. The molecule has 6 nitrogen and oxygen atoms in total. The lowest BCUT2D eigenvalue weighted by Gasteiger charge is -2.06. The highest BCUT2D eigenvalue weighted by Gasteiger charge is 2.04. The summed E-state index contributed by atoms with van der Waals surface area (Å²) in [5.74, 6) is 0.369. The molecular formula is C14H14N4O2. The van der Waals surface area contributed by atoms with Crippen LogP contribution >= 0.6 is 0 Å². The van der Waals surface area contributed by atoms with Crippen molar-refractivity contribution in [1.29, 1.82) is 0 Å². The molecule has 1 amide bonds. The fourth-order valence-electron chi connectivity index (χ4n) is 1.51. The van der Waals surface area contributed by atoms with E-state index >= 15 is 0 Å². The summed E-state index contributed by atoms with van der Waals surface area (Å²) in [5.41, 5.74) is 11.8. The fraction of sp³-hybridized carbons (Fsp3) is 0. The number of benzene rings is 2. The number of anilines is 1. The third-order valence-electron chi connectivity index (χ3n) is 2.33. The first kappa shape index (κ1) is 13.4. The van der Waals surface area contributed by atoms with Crippen LogP contribution in [-0.4, -0.2) is 12.1 Å². The van der Waals surface area contributed by atoms with Gasteiger partial charge in [0.15, 0.2) is 5.96 Å². The second-order valence-corrected chi connectivity index (χ2v) is 3.91. The van der Waals surface area contributed by atoms with Crippen LogP contribution in [0.25, 0.3) is 0 Å². The molecule has 0 fully saturated rings. The molecule has 20 heavy (non-hydrogen) atoms. The number of ether oxygens (including phenoxy) is 1. The Morgan fingerprint density at radius 1 is 1.00 bits per heavy atom. The molecule has 0 saturated carbocycles. The van der Waals surface area contributed by atoms with E-state index in [2.05, 4.69) is 10.3 Å². The van der Waals surface area contributed by atoms with Crippen LogP contribution in [0.5, 0.6) is 5.75 Å². The minimum atomic E-state index is -0.564. The molecule has 0 aliphatic carbocycles. The number of para-hydroxylation sites is 1. The number of aliphatic imine (C=N–C) groups is 1. The normalized spacial score (nSPS) is 9.60. The summed E-state index contributed by atoms with van der Waals surface area (Å²) < 4.78 is 5.12. The lowest BCUT2D eigenvalue weighted by Crippen LogP contribution is -2.21. The Labute approximate surface area is 116 Å². The summed E-state index contributed by atoms with van der Waals surface area (Å²) >= 11 is 0. The highest BCUT2D eigenvalue weighted by atomic mass is 16.6. The second-order valence-electron chi connectivity index (χ2n) is 3.91. The van der Waals surface area contributed by atoms with Crippen LogP contribution < -0.4 is 21.5 Å². The molecule has 0 aliphatic rings. The van der Waals surface area contributed by atoms with Crippen molar-refractivity contribution in [3.63, 3.8) is 0 Å². The number of nitrogens with zero attached hydrogens (tertiary/aromatic N) is 1. The van der Waals surface area contributed by atoms with Gasteiger partial charge in [0.1, 0.15) is 5.75 Å². The number of amides is 1. The van der Waals surface area contributed by atoms with Crippen molar-refractivity contribution in [2.45, 2.75) is 0 Å². The van der Waals surface area contributed by atoms with E-state index < -0.39 is 6.09 Å². The SMILES string of the molecule is NC(N)=Nc1ccc(OC(=O)Nc2ccccc2)cc1. The Hall–Kier alpha value is -3.02. The van der Waals surface area contributed by atoms with Crippen molar-refractivity contribution >= 4 is 23.4 Å². The Bertz CT molecular complexity index is 605. The Morgan fingerprint density at radius 3 is 2.25 bits per heavy atom. The van der Waals surface area contributed by atoms with E-state index in [0.29, 0.717) is 17.1 Å². The van der Waals surface area contributed by atoms with E-state index in [9.17, 15) is 4.79 Å². The monoisotopic (exact) mass is 270 g/mol. The molecule has 0 aromatic heterocycles. The van der Waals surface area contributed by atoms with Crippen molar-refractivity contribution in [1.82, 2.24) is 0 Å². The summed E-state index contributed by atoms with van der Waals surface area (Å²) in [5, 5.41) is 2.61. The molecular weight excluding hydrogens is 256 g/mol. The molecule has 102 valence electrons. The Kier molecular flexibility index (Phi) is 4.18. The molecule has 0 heterocycles. The summed E-state index contributed by atoms with van der Waals surface area (Å²) in [6, 6.07) is 15.5. The molecule has 2 rings (SSSR count). The second kappa shape index (κ2) is 6.24. The number of nitrogens with one attached hydrogen (secondary N) is 1. The van der Waals surface area contributed by atoms with Crippen LogP contribution in [0.4, 0.5) is 16.2 Å². The maximum atomic E-state index is 11.6. The van der Waals surface area contributed by atoms with Gasteiger partial charge in [0.05, 0.1) is 5.69 Å². The van der Waals surface area contributed by atoms with E-state index in [1.165, 1.54) is 0 Å². The van der Waals surface area contributed by atoms with Crippen molar-refractivity contribution in [3.8, 4) is 5.75 Å². The van der Waals surface area contributed by atoms with Gasteiger partial charge >= 0.3 is 6.09 Å². The van der Waals surface area contributed by atoms with Gasteiger partial charge in [-0.25, -0.2) is 9.79 Å². The summed E-state index contributed by atoms with van der Waals surface area (Å²) in [6.07, 6.45) is -0.564. The van der Waals surface area contributed by atoms with Gasteiger partial charge in [0.25, 0.3) is 0 Å². The number of nitrogens with two attached hydrogens (primary N) is 2. The van der Waals surface area contributed by atoms with Gasteiger partial charge in [0, 0.05) is 5.69 Å². The summed E-state index contributed by atoms with van der Waals surface area (Å²) in [4.78, 5) is 15.5. The topological polar surface area (TPSA) is 103 Å². The first-order chi connectivity index (χ1) is 9.63. The van der Waals surface area contributed by atoms with Gasteiger partial charge in [-0.2, -0.15) is 0 Å². The molecule has 5 N–H and O–H groups in total. The Balaban J connectivity index is 1.96. The standard InChI is InChI=1S/C14H14N4O2/c15-13(16)17-11-6-8-12(9-7-11)20-14(19)18-10-4-2-1-3-5-10/h1-9H,(H,18,19)(H4,15,16,17). The molecule has 0 aliphatic heterocycles. The van der Waals surface area contributed by atoms with Crippen LogP contribution in [0.2, 0.25) is 0 Å². The number of carbonyl (C=O) groups excluding carboxylic acids is 1. The van der Waals surface area contributed by atoms with Crippen LogP contribution in [0, 0.1) is 0 Å². The highest BCUT2D eigenvalue weighted by Crippen LogP contribution is 2.18. The molecule has 0 saturated heterocycles. The predicted octanol–water partition coefficient (Wildman–Crippen LogP) is 2.20. The summed E-state index contributed by atoms with van der Waals surface area (Å²) in [6.45, 7) is 0. The molecule has 0 unspecified atom stereocenters. The first-order valence-electron chi connectivity index (χ1n) is 5.87. The van der Waals surface area contributed by atoms with Gasteiger partial charge in [-0.05, 0) is 36.4 Å². The van der Waals surface area contributed by atoms with E-state index in [0.717, 1.165) is 0 Å². The zero-order valence-corrected chi connectivity index (χ0v) is 10.6. The molecule has 0 atom stereocenters. The quantitative estimate of drug-likeness (QED) is 0.587. The van der Waals surface area contributed by atoms with Gasteiger partial charge in [-0.3, -0.25) is 5.32 Å². The van der Waals surface area contributed by atoms with E-state index in [1.807, 2.05) is 18.2 Å². The van der Waals surface area contributed by atoms with Crippen molar-refractivity contribution in [3.05, 3.63) is 54.6 Å². The first-order valence-corrected chi connectivity index (χ1v) is 5.87. The van der Waals surface area contributed by atoms with E-state index in [4.69, 9.17) is 16.2 Å². The smallest absolute Gasteiger partial charge is 0.410 e. The minimum absolute atomic E-state index is 0.0273. The third kappa shape index (κ3) is 4.02. The highest BCUT2D eigenvalue weighted by molar-refractivity contribution is 5.86. The third-order valence-corrected chi connectivity index (χ3v) is 2.33.